The summed E-state index contributed by atoms with van der Waals surface area (Å²) < 4.78 is 11.5. The van der Waals surface area contributed by atoms with E-state index in [1.165, 1.54) is 6.20 Å². The molecule has 5 rings (SSSR count). The zero-order chi connectivity index (χ0) is 21.7. The minimum atomic E-state index is -0.581. The fraction of sp³-hybridized carbons (Fsp3) is 0.458. The second kappa shape index (κ2) is 7.64. The Hall–Kier alpha value is -2.93. The molecular weight excluding hydrogens is 394 g/mol. The van der Waals surface area contributed by atoms with Crippen molar-refractivity contribution in [2.24, 2.45) is 11.8 Å². The number of ether oxygens (including phenoxy) is 1. The summed E-state index contributed by atoms with van der Waals surface area (Å²) in [7, 11) is 0. The van der Waals surface area contributed by atoms with Crippen molar-refractivity contribution in [1.82, 2.24) is 15.0 Å². The molecular formula is C24H27N3O4. The number of carbonyl (C=O) groups excluding carboxylic acids is 1. The van der Waals surface area contributed by atoms with Gasteiger partial charge in [0.2, 0.25) is 5.76 Å². The third-order valence-corrected chi connectivity index (χ3v) is 6.76. The number of hydrogen-bond acceptors (Lipinski definition) is 6. The third-order valence-electron chi connectivity index (χ3n) is 6.76. The molecule has 2 fully saturated rings. The summed E-state index contributed by atoms with van der Waals surface area (Å²) in [6.07, 6.45) is 1.89. The molecule has 3 aromatic rings. The smallest absolute Gasteiger partial charge is 0.292 e. The van der Waals surface area contributed by atoms with E-state index >= 15 is 0 Å². The molecule has 1 aromatic carbocycles. The molecule has 0 radical (unpaired) electrons. The first-order valence-electron chi connectivity index (χ1n) is 10.8. The zero-order valence-electron chi connectivity index (χ0n) is 18.0. The van der Waals surface area contributed by atoms with Crippen molar-refractivity contribution in [2.45, 2.75) is 45.8 Å². The maximum absolute atomic E-state index is 12.7. The van der Waals surface area contributed by atoms with Crippen LogP contribution in [0.4, 0.5) is 0 Å². The molecule has 4 atom stereocenters. The van der Waals surface area contributed by atoms with Crippen LogP contribution in [0.3, 0.4) is 0 Å². The summed E-state index contributed by atoms with van der Waals surface area (Å²) in [5.41, 5.74) is 3.96. The number of amides is 1. The Labute approximate surface area is 181 Å². The molecule has 31 heavy (non-hydrogen) atoms. The van der Waals surface area contributed by atoms with Crippen molar-refractivity contribution in [3.8, 4) is 5.75 Å². The number of benzene rings is 1. The SMILES string of the molecule is Cc1ccc2c(C)cc(C)c(O[C@@H]3C[C@@H]4CN(C(=O)c5ccno5)C[C@@H]4C[C@H]3O)c2n1. The number of aryl methyl sites for hydroxylation is 3. The number of fused-ring (bicyclic) bond motifs is 2. The highest BCUT2D eigenvalue weighted by atomic mass is 16.5. The standard InChI is InChI=1S/C24H27N3O4/c1-13-8-14(2)23(22-18(13)5-4-15(3)26-22)30-21-10-17-12-27(11-16(17)9-19(21)28)24(29)20-6-7-25-31-20/h4-8,16-17,19,21,28H,9-12H2,1-3H3/t16-,17+,19+,21+/m0/s1. The van der Waals surface area contributed by atoms with Crippen molar-refractivity contribution in [2.75, 3.05) is 13.1 Å². The van der Waals surface area contributed by atoms with Crippen LogP contribution in [0.15, 0.2) is 35.0 Å². The Morgan fingerprint density at radius 2 is 1.90 bits per heavy atom. The third kappa shape index (κ3) is 3.57. The number of rotatable bonds is 3. The van der Waals surface area contributed by atoms with Gasteiger partial charge in [-0.05, 0) is 62.6 Å². The molecule has 1 amide bonds. The first-order valence-corrected chi connectivity index (χ1v) is 10.8. The predicted molar refractivity (Wildman–Crippen MR) is 115 cm³/mol. The van der Waals surface area contributed by atoms with E-state index in [-0.39, 0.29) is 29.6 Å². The molecule has 1 aliphatic heterocycles. The van der Waals surface area contributed by atoms with Crippen LogP contribution in [-0.2, 0) is 0 Å². The highest BCUT2D eigenvalue weighted by Gasteiger charge is 2.44. The van der Waals surface area contributed by atoms with Crippen LogP contribution in [0, 0.1) is 32.6 Å². The van der Waals surface area contributed by atoms with Gasteiger partial charge in [-0.2, -0.15) is 0 Å². The van der Waals surface area contributed by atoms with Crippen molar-refractivity contribution in [1.29, 1.82) is 0 Å². The van der Waals surface area contributed by atoms with Gasteiger partial charge in [0.15, 0.2) is 0 Å². The molecule has 1 N–H and O–H groups in total. The molecule has 1 saturated heterocycles. The molecule has 0 spiro atoms. The first kappa shape index (κ1) is 20.0. The fourth-order valence-electron chi connectivity index (χ4n) is 5.17. The Kier molecular flexibility index (Phi) is 4.93. The number of aromatic nitrogens is 2. The largest absolute Gasteiger partial charge is 0.485 e. The Morgan fingerprint density at radius 3 is 2.65 bits per heavy atom. The van der Waals surface area contributed by atoms with Crippen LogP contribution >= 0.6 is 0 Å². The van der Waals surface area contributed by atoms with Crippen molar-refractivity contribution in [3.63, 3.8) is 0 Å². The summed E-state index contributed by atoms with van der Waals surface area (Å²) >= 11 is 0. The van der Waals surface area contributed by atoms with E-state index in [9.17, 15) is 9.90 Å². The van der Waals surface area contributed by atoms with Gasteiger partial charge in [-0.25, -0.2) is 4.98 Å². The number of aliphatic hydroxyl groups is 1. The van der Waals surface area contributed by atoms with Gasteiger partial charge < -0.3 is 19.3 Å². The van der Waals surface area contributed by atoms with Gasteiger partial charge in [-0.3, -0.25) is 4.79 Å². The zero-order valence-corrected chi connectivity index (χ0v) is 18.0. The van der Waals surface area contributed by atoms with Gasteiger partial charge in [0.1, 0.15) is 17.4 Å². The van der Waals surface area contributed by atoms with Crippen LogP contribution in [-0.4, -0.2) is 51.4 Å². The topological polar surface area (TPSA) is 88.7 Å². The number of aliphatic hydroxyl groups excluding tert-OH is 1. The molecule has 0 unspecified atom stereocenters. The van der Waals surface area contributed by atoms with Gasteiger partial charge in [-0.1, -0.05) is 17.3 Å². The molecule has 3 heterocycles. The number of nitrogens with zero attached hydrogens (tertiary/aromatic N) is 3. The summed E-state index contributed by atoms with van der Waals surface area (Å²) in [4.78, 5) is 19.2. The first-order chi connectivity index (χ1) is 14.9. The molecule has 7 nitrogen and oxygen atoms in total. The lowest BCUT2D eigenvalue weighted by Crippen LogP contribution is -2.42. The fourth-order valence-corrected chi connectivity index (χ4v) is 5.17. The minimum absolute atomic E-state index is 0.140. The summed E-state index contributed by atoms with van der Waals surface area (Å²) in [6, 6.07) is 7.79. The second-order valence-corrected chi connectivity index (χ2v) is 8.99. The quantitative estimate of drug-likeness (QED) is 0.697. The number of pyridine rings is 1. The summed E-state index contributed by atoms with van der Waals surface area (Å²) in [5, 5.41) is 15.6. The highest BCUT2D eigenvalue weighted by Crippen LogP contribution is 2.40. The van der Waals surface area contributed by atoms with Crippen LogP contribution in [0.1, 0.15) is 40.2 Å². The Morgan fingerprint density at radius 1 is 1.13 bits per heavy atom. The lowest BCUT2D eigenvalue weighted by atomic mass is 9.78. The van der Waals surface area contributed by atoms with Gasteiger partial charge >= 0.3 is 0 Å². The molecule has 2 aliphatic rings. The predicted octanol–water partition coefficient (Wildman–Crippen LogP) is 3.44. The Bertz CT molecular complexity index is 1130. The van der Waals surface area contributed by atoms with E-state index in [2.05, 4.69) is 24.2 Å². The van der Waals surface area contributed by atoms with E-state index in [0.717, 1.165) is 33.5 Å². The maximum Gasteiger partial charge on any atom is 0.292 e. The van der Waals surface area contributed by atoms with E-state index in [4.69, 9.17) is 14.2 Å². The molecule has 2 aromatic heterocycles. The Balaban J connectivity index is 1.37. The van der Waals surface area contributed by atoms with Crippen LogP contribution < -0.4 is 4.74 Å². The number of hydrogen-bond donors (Lipinski definition) is 1. The molecule has 1 aliphatic carbocycles. The van der Waals surface area contributed by atoms with Crippen LogP contribution in [0.25, 0.3) is 10.9 Å². The molecule has 0 bridgehead atoms. The number of likely N-dealkylation sites (tertiary alicyclic amines) is 1. The lowest BCUT2D eigenvalue weighted by Gasteiger charge is -2.35. The second-order valence-electron chi connectivity index (χ2n) is 8.99. The summed E-state index contributed by atoms with van der Waals surface area (Å²) in [6.45, 7) is 7.34. The molecule has 1 saturated carbocycles. The van der Waals surface area contributed by atoms with Crippen LogP contribution in [0.2, 0.25) is 0 Å². The normalized spacial score (nSPS) is 25.6. The monoisotopic (exact) mass is 421 g/mol. The highest BCUT2D eigenvalue weighted by molar-refractivity contribution is 5.91. The number of carbonyl (C=O) groups is 1. The van der Waals surface area contributed by atoms with E-state index < -0.39 is 6.10 Å². The van der Waals surface area contributed by atoms with E-state index in [1.54, 1.807) is 6.07 Å². The average Bonchev–Trinajstić information content (AvgIpc) is 3.40. The van der Waals surface area contributed by atoms with Gasteiger partial charge in [0.05, 0.1) is 12.3 Å². The van der Waals surface area contributed by atoms with Gasteiger partial charge in [0, 0.05) is 30.2 Å². The average molecular weight is 421 g/mol. The minimum Gasteiger partial charge on any atom is -0.485 e. The van der Waals surface area contributed by atoms with Crippen molar-refractivity contribution >= 4 is 16.8 Å². The van der Waals surface area contributed by atoms with Gasteiger partial charge in [0.25, 0.3) is 5.91 Å². The van der Waals surface area contributed by atoms with Crippen LogP contribution in [0.5, 0.6) is 5.75 Å². The van der Waals surface area contributed by atoms with Gasteiger partial charge in [-0.15, -0.1) is 0 Å². The summed E-state index contributed by atoms with van der Waals surface area (Å²) in [5.74, 6) is 1.42. The van der Waals surface area contributed by atoms with Crippen molar-refractivity contribution in [3.05, 3.63) is 53.0 Å². The lowest BCUT2D eigenvalue weighted by molar-refractivity contribution is -0.0228. The van der Waals surface area contributed by atoms with Crippen molar-refractivity contribution < 1.29 is 19.2 Å². The van der Waals surface area contributed by atoms with E-state index in [0.29, 0.717) is 25.9 Å². The van der Waals surface area contributed by atoms with E-state index in [1.807, 2.05) is 24.8 Å². The maximum atomic E-state index is 12.7. The molecule has 162 valence electrons. The molecule has 7 heteroatoms.